The number of halogens is 1. The lowest BCUT2D eigenvalue weighted by molar-refractivity contribution is 0.588. The summed E-state index contributed by atoms with van der Waals surface area (Å²) < 4.78 is 26.7. The predicted molar refractivity (Wildman–Crippen MR) is 77.9 cm³/mol. The zero-order chi connectivity index (χ0) is 13.8. The molecule has 5 heteroatoms. The third-order valence-electron chi connectivity index (χ3n) is 2.76. The first-order valence-electron chi connectivity index (χ1n) is 6.04. The largest absolute Gasteiger partial charge is 0.283 e. The molecule has 0 aromatic heterocycles. The molecular formula is C13H20ClNO2S. The molecule has 1 rings (SSSR count). The smallest absolute Gasteiger partial charge is 0.233 e. The Morgan fingerprint density at radius 2 is 2.06 bits per heavy atom. The number of benzene rings is 1. The Morgan fingerprint density at radius 1 is 1.39 bits per heavy atom. The van der Waals surface area contributed by atoms with E-state index < -0.39 is 10.0 Å². The molecule has 1 N–H and O–H groups in total. The van der Waals surface area contributed by atoms with Crippen LogP contribution in [0.2, 0.25) is 0 Å². The van der Waals surface area contributed by atoms with Gasteiger partial charge in [0, 0.05) is 5.88 Å². The standard InChI is InChI=1S/C13H20ClNO2S/c1-4-12-7-5-6-11(3)13(12)15-18(16,17)9-10(2)8-14/h5-7,10,15H,4,8-9H2,1-3H3. The van der Waals surface area contributed by atoms with Gasteiger partial charge in [-0.05, 0) is 30.4 Å². The molecule has 18 heavy (non-hydrogen) atoms. The van der Waals surface area contributed by atoms with E-state index in [1.807, 2.05) is 39.0 Å². The fraction of sp³-hybridized carbons (Fsp3) is 0.538. The van der Waals surface area contributed by atoms with Crippen LogP contribution in [0.25, 0.3) is 0 Å². The second kappa shape index (κ2) is 6.43. The van der Waals surface area contributed by atoms with Crippen molar-refractivity contribution in [2.24, 2.45) is 5.92 Å². The maximum Gasteiger partial charge on any atom is 0.233 e. The highest BCUT2D eigenvalue weighted by Crippen LogP contribution is 2.22. The van der Waals surface area contributed by atoms with E-state index in [4.69, 9.17) is 11.6 Å². The third-order valence-corrected chi connectivity index (χ3v) is 4.81. The molecular weight excluding hydrogens is 270 g/mol. The highest BCUT2D eigenvalue weighted by Gasteiger charge is 2.17. The molecule has 0 bridgehead atoms. The summed E-state index contributed by atoms with van der Waals surface area (Å²) in [5, 5.41) is 0. The molecule has 0 saturated heterocycles. The number of nitrogens with one attached hydrogen (secondary N) is 1. The average molecular weight is 290 g/mol. The van der Waals surface area contributed by atoms with Gasteiger partial charge in [-0.1, -0.05) is 32.0 Å². The van der Waals surface area contributed by atoms with Gasteiger partial charge in [-0.2, -0.15) is 0 Å². The molecule has 0 radical (unpaired) electrons. The van der Waals surface area contributed by atoms with Crippen molar-refractivity contribution in [3.63, 3.8) is 0 Å². The fourth-order valence-electron chi connectivity index (χ4n) is 1.79. The minimum absolute atomic E-state index is 0.0496. The number of hydrogen-bond acceptors (Lipinski definition) is 2. The number of aryl methyl sites for hydroxylation is 2. The molecule has 0 spiro atoms. The first-order valence-corrected chi connectivity index (χ1v) is 8.23. The van der Waals surface area contributed by atoms with Crippen LogP contribution in [0, 0.1) is 12.8 Å². The number of anilines is 1. The van der Waals surface area contributed by atoms with Crippen molar-refractivity contribution in [2.75, 3.05) is 16.4 Å². The van der Waals surface area contributed by atoms with E-state index in [1.165, 1.54) is 0 Å². The lowest BCUT2D eigenvalue weighted by Gasteiger charge is -2.15. The minimum Gasteiger partial charge on any atom is -0.283 e. The van der Waals surface area contributed by atoms with Gasteiger partial charge in [0.2, 0.25) is 10.0 Å². The molecule has 1 atom stereocenters. The molecule has 0 saturated carbocycles. The number of rotatable bonds is 6. The van der Waals surface area contributed by atoms with E-state index in [-0.39, 0.29) is 11.7 Å². The van der Waals surface area contributed by atoms with Crippen LogP contribution in [0.15, 0.2) is 18.2 Å². The van der Waals surface area contributed by atoms with Crippen LogP contribution < -0.4 is 4.72 Å². The van der Waals surface area contributed by atoms with E-state index in [1.54, 1.807) is 0 Å². The van der Waals surface area contributed by atoms with E-state index in [0.29, 0.717) is 11.6 Å². The minimum atomic E-state index is -3.34. The van der Waals surface area contributed by atoms with Crippen molar-refractivity contribution < 1.29 is 8.42 Å². The van der Waals surface area contributed by atoms with E-state index in [2.05, 4.69) is 4.72 Å². The van der Waals surface area contributed by atoms with Crippen LogP contribution in [-0.2, 0) is 16.4 Å². The van der Waals surface area contributed by atoms with Crippen LogP contribution in [0.1, 0.15) is 25.0 Å². The zero-order valence-corrected chi connectivity index (χ0v) is 12.6. The lowest BCUT2D eigenvalue weighted by atomic mass is 10.1. The van der Waals surface area contributed by atoms with Gasteiger partial charge in [0.15, 0.2) is 0 Å². The molecule has 0 aliphatic carbocycles. The highest BCUT2D eigenvalue weighted by molar-refractivity contribution is 7.92. The van der Waals surface area contributed by atoms with E-state index in [0.717, 1.165) is 17.5 Å². The Balaban J connectivity index is 2.97. The van der Waals surface area contributed by atoms with Gasteiger partial charge in [-0.25, -0.2) is 8.42 Å². The molecule has 3 nitrogen and oxygen atoms in total. The van der Waals surface area contributed by atoms with Crippen molar-refractivity contribution in [2.45, 2.75) is 27.2 Å². The number of alkyl halides is 1. The van der Waals surface area contributed by atoms with E-state index in [9.17, 15) is 8.42 Å². The number of para-hydroxylation sites is 1. The van der Waals surface area contributed by atoms with Crippen molar-refractivity contribution >= 4 is 27.3 Å². The summed E-state index contributed by atoms with van der Waals surface area (Å²) in [5.74, 6) is 0.335. The SMILES string of the molecule is CCc1cccc(C)c1NS(=O)(=O)CC(C)CCl. The summed E-state index contributed by atoms with van der Waals surface area (Å²) in [7, 11) is -3.34. The van der Waals surface area contributed by atoms with Crippen LogP contribution in [-0.4, -0.2) is 20.1 Å². The van der Waals surface area contributed by atoms with Gasteiger partial charge < -0.3 is 0 Å². The second-order valence-corrected chi connectivity index (χ2v) is 6.68. The number of hydrogen-bond donors (Lipinski definition) is 1. The van der Waals surface area contributed by atoms with Crippen molar-refractivity contribution in [1.29, 1.82) is 0 Å². The van der Waals surface area contributed by atoms with E-state index >= 15 is 0 Å². The summed E-state index contributed by atoms with van der Waals surface area (Å²) in [6, 6.07) is 5.78. The summed E-state index contributed by atoms with van der Waals surface area (Å²) in [5.41, 5.74) is 2.66. The first-order chi connectivity index (χ1) is 8.39. The quantitative estimate of drug-likeness (QED) is 0.818. The molecule has 0 aliphatic heterocycles. The molecule has 1 aromatic rings. The maximum absolute atomic E-state index is 12.0. The highest BCUT2D eigenvalue weighted by atomic mass is 35.5. The normalized spacial score (nSPS) is 13.3. The monoisotopic (exact) mass is 289 g/mol. The maximum atomic E-state index is 12.0. The Hall–Kier alpha value is -0.740. The van der Waals surface area contributed by atoms with Crippen molar-refractivity contribution in [3.05, 3.63) is 29.3 Å². The van der Waals surface area contributed by atoms with Crippen LogP contribution in [0.3, 0.4) is 0 Å². The third kappa shape index (κ3) is 4.18. The van der Waals surface area contributed by atoms with Gasteiger partial charge in [0.1, 0.15) is 0 Å². The molecule has 0 heterocycles. The molecule has 1 aromatic carbocycles. The molecule has 1 unspecified atom stereocenters. The molecule has 0 fully saturated rings. The van der Waals surface area contributed by atoms with Crippen LogP contribution in [0.4, 0.5) is 5.69 Å². The number of sulfonamides is 1. The summed E-state index contributed by atoms with van der Waals surface area (Å²) in [6.07, 6.45) is 0.796. The summed E-state index contributed by atoms with van der Waals surface area (Å²) in [4.78, 5) is 0. The second-order valence-electron chi connectivity index (χ2n) is 4.61. The molecule has 0 aliphatic rings. The predicted octanol–water partition coefficient (Wildman–Crippen LogP) is 3.17. The summed E-state index contributed by atoms with van der Waals surface area (Å²) >= 11 is 5.66. The van der Waals surface area contributed by atoms with Gasteiger partial charge in [-0.3, -0.25) is 4.72 Å². The Labute approximate surface area is 115 Å². The van der Waals surface area contributed by atoms with Gasteiger partial charge in [-0.15, -0.1) is 11.6 Å². The van der Waals surface area contributed by atoms with Crippen molar-refractivity contribution in [1.82, 2.24) is 0 Å². The van der Waals surface area contributed by atoms with Gasteiger partial charge in [0.05, 0.1) is 11.4 Å². The van der Waals surface area contributed by atoms with Gasteiger partial charge in [0.25, 0.3) is 0 Å². The van der Waals surface area contributed by atoms with Crippen LogP contribution >= 0.6 is 11.6 Å². The van der Waals surface area contributed by atoms with Crippen LogP contribution in [0.5, 0.6) is 0 Å². The molecule has 102 valence electrons. The molecule has 0 amide bonds. The van der Waals surface area contributed by atoms with Crippen molar-refractivity contribution in [3.8, 4) is 0 Å². The Bertz CT molecular complexity index is 500. The lowest BCUT2D eigenvalue weighted by Crippen LogP contribution is -2.23. The van der Waals surface area contributed by atoms with Gasteiger partial charge >= 0.3 is 0 Å². The topological polar surface area (TPSA) is 46.2 Å². The Kier molecular flexibility index (Phi) is 5.47. The Morgan fingerprint density at radius 3 is 2.61 bits per heavy atom. The average Bonchev–Trinajstić information content (AvgIpc) is 2.30. The first kappa shape index (κ1) is 15.3. The fourth-order valence-corrected chi connectivity index (χ4v) is 3.58. The summed E-state index contributed by atoms with van der Waals surface area (Å²) in [6.45, 7) is 5.74. The zero-order valence-electron chi connectivity index (χ0n) is 11.0.